The summed E-state index contributed by atoms with van der Waals surface area (Å²) in [6, 6.07) is 0. The molecular weight excluding hydrogens is 226 g/mol. The molecule has 0 saturated carbocycles. The standard InChI is InChI=1S/C14H25N3O/c1-3-4-8-15-14-16-12(2)10-17(14)11-13-7-5-6-9-18-13/h10,13H,3-9,11H2,1-2H3,(H,15,16). The molecule has 1 N–H and O–H groups in total. The number of aryl methyl sites for hydroxylation is 1. The van der Waals surface area contributed by atoms with E-state index >= 15 is 0 Å². The van der Waals surface area contributed by atoms with E-state index in [0.717, 1.165) is 31.3 Å². The Labute approximate surface area is 110 Å². The Bertz CT molecular complexity index is 356. The molecule has 1 fully saturated rings. The molecule has 1 aliphatic heterocycles. The van der Waals surface area contributed by atoms with Gasteiger partial charge in [0.15, 0.2) is 0 Å². The summed E-state index contributed by atoms with van der Waals surface area (Å²) in [6.07, 6.45) is 8.54. The quantitative estimate of drug-likeness (QED) is 0.790. The van der Waals surface area contributed by atoms with Gasteiger partial charge >= 0.3 is 0 Å². The van der Waals surface area contributed by atoms with Gasteiger partial charge in [0.1, 0.15) is 0 Å². The number of nitrogens with one attached hydrogen (secondary N) is 1. The molecule has 18 heavy (non-hydrogen) atoms. The van der Waals surface area contributed by atoms with Gasteiger partial charge in [0.2, 0.25) is 5.95 Å². The van der Waals surface area contributed by atoms with Crippen LogP contribution in [-0.4, -0.2) is 28.8 Å². The van der Waals surface area contributed by atoms with Crippen molar-refractivity contribution in [1.82, 2.24) is 9.55 Å². The fourth-order valence-corrected chi connectivity index (χ4v) is 2.37. The first-order valence-electron chi connectivity index (χ1n) is 7.19. The maximum absolute atomic E-state index is 5.80. The zero-order valence-electron chi connectivity index (χ0n) is 11.6. The van der Waals surface area contributed by atoms with Gasteiger partial charge in [-0.1, -0.05) is 13.3 Å². The first-order valence-corrected chi connectivity index (χ1v) is 7.19. The molecule has 1 aromatic rings. The van der Waals surface area contributed by atoms with Crippen molar-refractivity contribution in [3.63, 3.8) is 0 Å². The Morgan fingerprint density at radius 1 is 1.50 bits per heavy atom. The van der Waals surface area contributed by atoms with E-state index < -0.39 is 0 Å². The molecule has 102 valence electrons. The topological polar surface area (TPSA) is 39.1 Å². The number of nitrogens with zero attached hydrogens (tertiary/aromatic N) is 2. The predicted molar refractivity (Wildman–Crippen MR) is 74.0 cm³/mol. The number of hydrogen-bond donors (Lipinski definition) is 1. The third-order valence-electron chi connectivity index (χ3n) is 3.38. The summed E-state index contributed by atoms with van der Waals surface area (Å²) in [4.78, 5) is 4.54. The second-order valence-electron chi connectivity index (χ2n) is 5.13. The summed E-state index contributed by atoms with van der Waals surface area (Å²) in [5.74, 6) is 0.995. The molecule has 2 heterocycles. The van der Waals surface area contributed by atoms with Crippen molar-refractivity contribution in [2.75, 3.05) is 18.5 Å². The molecule has 0 radical (unpaired) electrons. The van der Waals surface area contributed by atoms with Crippen LogP contribution in [0.4, 0.5) is 5.95 Å². The molecule has 1 atom stereocenters. The van der Waals surface area contributed by atoms with Crippen molar-refractivity contribution in [2.24, 2.45) is 0 Å². The van der Waals surface area contributed by atoms with E-state index in [-0.39, 0.29) is 0 Å². The first kappa shape index (κ1) is 13.4. The number of imidazole rings is 1. The van der Waals surface area contributed by atoms with Gasteiger partial charge in [-0.05, 0) is 32.6 Å². The number of anilines is 1. The summed E-state index contributed by atoms with van der Waals surface area (Å²) < 4.78 is 8.00. The van der Waals surface area contributed by atoms with Gasteiger partial charge < -0.3 is 14.6 Å². The molecule has 2 rings (SSSR count). The molecule has 0 bridgehead atoms. The van der Waals surface area contributed by atoms with E-state index in [4.69, 9.17) is 4.74 Å². The lowest BCUT2D eigenvalue weighted by atomic mass is 10.1. The minimum Gasteiger partial charge on any atom is -0.376 e. The highest BCUT2D eigenvalue weighted by Gasteiger charge is 2.16. The minimum absolute atomic E-state index is 0.360. The van der Waals surface area contributed by atoms with E-state index in [9.17, 15) is 0 Å². The van der Waals surface area contributed by atoms with E-state index in [1.807, 2.05) is 6.92 Å². The molecule has 1 unspecified atom stereocenters. The molecule has 0 aliphatic carbocycles. The zero-order chi connectivity index (χ0) is 12.8. The smallest absolute Gasteiger partial charge is 0.203 e. The maximum atomic E-state index is 5.80. The highest BCUT2D eigenvalue weighted by molar-refractivity contribution is 5.28. The molecule has 4 heteroatoms. The van der Waals surface area contributed by atoms with Crippen LogP contribution in [0.1, 0.15) is 44.7 Å². The van der Waals surface area contributed by atoms with Crippen molar-refractivity contribution in [1.29, 1.82) is 0 Å². The van der Waals surface area contributed by atoms with Crippen LogP contribution in [0.15, 0.2) is 6.20 Å². The molecule has 1 aliphatic rings. The lowest BCUT2D eigenvalue weighted by Crippen LogP contribution is -2.25. The van der Waals surface area contributed by atoms with Crippen molar-refractivity contribution >= 4 is 5.95 Å². The van der Waals surface area contributed by atoms with E-state index in [2.05, 4.69) is 28.0 Å². The van der Waals surface area contributed by atoms with Crippen LogP contribution >= 0.6 is 0 Å². The maximum Gasteiger partial charge on any atom is 0.203 e. The van der Waals surface area contributed by atoms with Crippen LogP contribution in [0.2, 0.25) is 0 Å². The molecule has 4 nitrogen and oxygen atoms in total. The summed E-state index contributed by atoms with van der Waals surface area (Å²) in [5.41, 5.74) is 1.07. The van der Waals surface area contributed by atoms with Gasteiger partial charge in [-0.3, -0.25) is 0 Å². The average molecular weight is 251 g/mol. The molecule has 1 aromatic heterocycles. The Kier molecular flexibility index (Phi) is 5.05. The molecule has 1 saturated heterocycles. The Hall–Kier alpha value is -1.03. The lowest BCUT2D eigenvalue weighted by Gasteiger charge is -2.23. The Morgan fingerprint density at radius 2 is 2.39 bits per heavy atom. The van der Waals surface area contributed by atoms with Gasteiger partial charge in [0.05, 0.1) is 18.3 Å². The molecule has 0 aromatic carbocycles. The van der Waals surface area contributed by atoms with Crippen LogP contribution in [0.3, 0.4) is 0 Å². The molecule has 0 amide bonds. The van der Waals surface area contributed by atoms with E-state index in [1.165, 1.54) is 32.1 Å². The Balaban J connectivity index is 1.93. The molecular formula is C14H25N3O. The summed E-state index contributed by atoms with van der Waals surface area (Å²) in [6.45, 7) is 7.09. The normalized spacial score (nSPS) is 20.0. The monoisotopic (exact) mass is 251 g/mol. The fourth-order valence-electron chi connectivity index (χ4n) is 2.37. The van der Waals surface area contributed by atoms with Gasteiger partial charge in [0, 0.05) is 19.3 Å². The zero-order valence-corrected chi connectivity index (χ0v) is 11.6. The summed E-state index contributed by atoms with van der Waals surface area (Å²) in [5, 5.41) is 3.42. The summed E-state index contributed by atoms with van der Waals surface area (Å²) in [7, 11) is 0. The first-order chi connectivity index (χ1) is 8.79. The van der Waals surface area contributed by atoms with E-state index in [1.54, 1.807) is 0 Å². The number of unbranched alkanes of at least 4 members (excludes halogenated alkanes) is 1. The van der Waals surface area contributed by atoms with Gasteiger partial charge in [0.25, 0.3) is 0 Å². The third-order valence-corrected chi connectivity index (χ3v) is 3.38. The highest BCUT2D eigenvalue weighted by Crippen LogP contribution is 2.17. The van der Waals surface area contributed by atoms with Crippen LogP contribution in [0.5, 0.6) is 0 Å². The van der Waals surface area contributed by atoms with Gasteiger partial charge in [-0.25, -0.2) is 4.98 Å². The number of aromatic nitrogens is 2. The van der Waals surface area contributed by atoms with Crippen molar-refractivity contribution in [3.8, 4) is 0 Å². The SMILES string of the molecule is CCCCNc1nc(C)cn1CC1CCCCO1. The minimum atomic E-state index is 0.360. The van der Waals surface area contributed by atoms with Crippen molar-refractivity contribution < 1.29 is 4.74 Å². The average Bonchev–Trinajstić information content (AvgIpc) is 2.71. The van der Waals surface area contributed by atoms with E-state index in [0.29, 0.717) is 6.10 Å². The second kappa shape index (κ2) is 6.78. The van der Waals surface area contributed by atoms with Gasteiger partial charge in [-0.15, -0.1) is 0 Å². The number of ether oxygens (including phenoxy) is 1. The summed E-state index contributed by atoms with van der Waals surface area (Å²) >= 11 is 0. The third kappa shape index (κ3) is 3.73. The highest BCUT2D eigenvalue weighted by atomic mass is 16.5. The number of hydrogen-bond acceptors (Lipinski definition) is 3. The van der Waals surface area contributed by atoms with Crippen LogP contribution in [0, 0.1) is 6.92 Å². The second-order valence-corrected chi connectivity index (χ2v) is 5.13. The lowest BCUT2D eigenvalue weighted by molar-refractivity contribution is 0.00629. The predicted octanol–water partition coefficient (Wildman–Crippen LogP) is 2.97. The van der Waals surface area contributed by atoms with Crippen LogP contribution in [0.25, 0.3) is 0 Å². The fraction of sp³-hybridized carbons (Fsp3) is 0.786. The Morgan fingerprint density at radius 3 is 3.11 bits per heavy atom. The number of rotatable bonds is 6. The largest absolute Gasteiger partial charge is 0.376 e. The van der Waals surface area contributed by atoms with Crippen LogP contribution in [-0.2, 0) is 11.3 Å². The van der Waals surface area contributed by atoms with Crippen molar-refractivity contribution in [2.45, 2.75) is 58.6 Å². The van der Waals surface area contributed by atoms with Gasteiger partial charge in [-0.2, -0.15) is 0 Å². The molecule has 0 spiro atoms. The van der Waals surface area contributed by atoms with Crippen LogP contribution < -0.4 is 5.32 Å². The van der Waals surface area contributed by atoms with Crippen molar-refractivity contribution in [3.05, 3.63) is 11.9 Å².